The Morgan fingerprint density at radius 1 is 1.54 bits per heavy atom. The first-order chi connectivity index (χ1) is 5.59. The number of hydrogen-bond acceptors (Lipinski definition) is 0. The summed E-state index contributed by atoms with van der Waals surface area (Å²) in [7, 11) is 1.88. The Balaban J connectivity index is 0.00000144. The molecule has 0 aliphatic rings. The standard InChI is InChI=1S/C8H11Cl2N2.ClH/c1-4-5-12-6(2)11(3)7(9)8(12)10;/h4H,1,5H2,2-3H3;1H/q+1;/p-1. The minimum atomic E-state index is 0. The average Bonchev–Trinajstić information content (AvgIpc) is 2.23. The summed E-state index contributed by atoms with van der Waals surface area (Å²) in [5.41, 5.74) is 0. The smallest absolute Gasteiger partial charge is 0.255 e. The van der Waals surface area contributed by atoms with Gasteiger partial charge in [-0.05, 0) is 23.2 Å². The van der Waals surface area contributed by atoms with E-state index in [2.05, 4.69) is 6.58 Å². The van der Waals surface area contributed by atoms with Gasteiger partial charge in [-0.1, -0.05) is 12.7 Å². The van der Waals surface area contributed by atoms with Gasteiger partial charge >= 0.3 is 0 Å². The van der Waals surface area contributed by atoms with E-state index in [1.165, 1.54) is 0 Å². The monoisotopic (exact) mass is 240 g/mol. The molecule has 0 aromatic carbocycles. The van der Waals surface area contributed by atoms with E-state index in [1.807, 2.05) is 23.1 Å². The maximum absolute atomic E-state index is 5.96. The fraction of sp³-hybridized carbons (Fsp3) is 0.375. The maximum Gasteiger partial charge on any atom is 0.255 e. The van der Waals surface area contributed by atoms with Crippen molar-refractivity contribution in [1.29, 1.82) is 0 Å². The Hall–Kier alpha value is -0.180. The third kappa shape index (κ3) is 2.19. The quantitative estimate of drug-likeness (QED) is 0.470. The molecule has 0 saturated heterocycles. The minimum Gasteiger partial charge on any atom is -1.00 e. The van der Waals surface area contributed by atoms with E-state index in [9.17, 15) is 0 Å². The molecule has 1 aromatic heterocycles. The summed E-state index contributed by atoms with van der Waals surface area (Å²) < 4.78 is 3.74. The van der Waals surface area contributed by atoms with Crippen molar-refractivity contribution in [3.05, 3.63) is 28.8 Å². The predicted octanol–water partition coefficient (Wildman–Crippen LogP) is -0.882. The van der Waals surface area contributed by atoms with Crippen molar-refractivity contribution < 1.29 is 17.0 Å². The molecule has 0 saturated carbocycles. The highest BCUT2D eigenvalue weighted by atomic mass is 35.5. The lowest BCUT2D eigenvalue weighted by Gasteiger charge is -1.92. The molecule has 0 aliphatic carbocycles. The van der Waals surface area contributed by atoms with E-state index in [1.54, 1.807) is 6.08 Å². The van der Waals surface area contributed by atoms with Crippen molar-refractivity contribution >= 4 is 23.2 Å². The molecule has 1 aromatic rings. The molecule has 2 nitrogen and oxygen atoms in total. The third-order valence-corrected chi connectivity index (χ3v) is 2.80. The van der Waals surface area contributed by atoms with E-state index in [-0.39, 0.29) is 12.4 Å². The first kappa shape index (κ1) is 12.8. The molecular formula is C8H11Cl3N2. The molecule has 0 amide bonds. The number of allylic oxidation sites excluding steroid dienone is 1. The lowest BCUT2D eigenvalue weighted by atomic mass is 10.5. The Labute approximate surface area is 94.2 Å². The second-order valence-corrected chi connectivity index (χ2v) is 3.30. The van der Waals surface area contributed by atoms with Crippen LogP contribution in [0.25, 0.3) is 0 Å². The lowest BCUT2D eigenvalue weighted by molar-refractivity contribution is -0.675. The van der Waals surface area contributed by atoms with Gasteiger partial charge in [-0.2, -0.15) is 0 Å². The summed E-state index contributed by atoms with van der Waals surface area (Å²) in [5, 5.41) is 1.13. The van der Waals surface area contributed by atoms with Gasteiger partial charge in [0.25, 0.3) is 16.1 Å². The zero-order chi connectivity index (χ0) is 9.30. The third-order valence-electron chi connectivity index (χ3n) is 1.89. The highest BCUT2D eigenvalue weighted by molar-refractivity contribution is 6.39. The molecule has 0 radical (unpaired) electrons. The Kier molecular flexibility index (Phi) is 4.82. The summed E-state index contributed by atoms with van der Waals surface area (Å²) in [5.74, 6) is 1.02. The summed E-state index contributed by atoms with van der Waals surface area (Å²) in [4.78, 5) is 0. The molecule has 0 spiro atoms. The van der Waals surface area contributed by atoms with Gasteiger partial charge in [-0.15, -0.1) is 0 Å². The summed E-state index contributed by atoms with van der Waals surface area (Å²) in [6.45, 7) is 6.29. The fourth-order valence-corrected chi connectivity index (χ4v) is 1.60. The van der Waals surface area contributed by atoms with Crippen LogP contribution in [0.4, 0.5) is 0 Å². The lowest BCUT2D eigenvalue weighted by Crippen LogP contribution is -3.00. The fourth-order valence-electron chi connectivity index (χ4n) is 1.06. The van der Waals surface area contributed by atoms with E-state index in [0.29, 0.717) is 16.9 Å². The molecule has 0 atom stereocenters. The number of hydrogen-bond donors (Lipinski definition) is 0. The molecular weight excluding hydrogens is 230 g/mol. The Morgan fingerprint density at radius 3 is 2.38 bits per heavy atom. The van der Waals surface area contributed by atoms with Crippen LogP contribution < -0.4 is 17.0 Å². The van der Waals surface area contributed by atoms with Crippen LogP contribution in [0.15, 0.2) is 12.7 Å². The zero-order valence-electron chi connectivity index (χ0n) is 7.52. The van der Waals surface area contributed by atoms with Crippen LogP contribution in [0.1, 0.15) is 5.82 Å². The van der Waals surface area contributed by atoms with Gasteiger partial charge in [0, 0.05) is 6.92 Å². The number of imidazole rings is 1. The zero-order valence-corrected chi connectivity index (χ0v) is 9.79. The van der Waals surface area contributed by atoms with Gasteiger partial charge in [0.2, 0.25) is 0 Å². The molecule has 0 aliphatic heterocycles. The van der Waals surface area contributed by atoms with E-state index in [0.717, 1.165) is 5.82 Å². The van der Waals surface area contributed by atoms with Gasteiger partial charge < -0.3 is 12.4 Å². The number of rotatable bonds is 2. The predicted molar refractivity (Wildman–Crippen MR) is 50.6 cm³/mol. The number of halogens is 3. The summed E-state index contributed by atoms with van der Waals surface area (Å²) >= 11 is 11.9. The minimum absolute atomic E-state index is 0. The molecule has 1 rings (SSSR count). The van der Waals surface area contributed by atoms with Gasteiger partial charge in [0.15, 0.2) is 0 Å². The SMILES string of the molecule is C=CCn1c(Cl)c(Cl)[n+](C)c1C.[Cl-]. The van der Waals surface area contributed by atoms with E-state index in [4.69, 9.17) is 23.2 Å². The molecule has 0 fully saturated rings. The molecule has 0 bridgehead atoms. The van der Waals surface area contributed by atoms with Gasteiger partial charge in [-0.25, -0.2) is 9.13 Å². The van der Waals surface area contributed by atoms with Crippen LogP contribution in [-0.2, 0) is 13.6 Å². The average molecular weight is 242 g/mol. The second-order valence-electron chi connectivity index (χ2n) is 2.59. The van der Waals surface area contributed by atoms with Crippen molar-refractivity contribution in [2.24, 2.45) is 7.05 Å². The molecule has 0 unspecified atom stereocenters. The first-order valence-corrected chi connectivity index (χ1v) is 4.36. The Bertz CT molecular complexity index is 292. The molecule has 0 N–H and O–H groups in total. The van der Waals surface area contributed by atoms with Crippen molar-refractivity contribution in [1.82, 2.24) is 4.57 Å². The number of aromatic nitrogens is 2. The molecule has 5 heteroatoms. The van der Waals surface area contributed by atoms with Crippen LogP contribution in [-0.4, -0.2) is 4.57 Å². The highest BCUT2D eigenvalue weighted by Crippen LogP contribution is 2.20. The van der Waals surface area contributed by atoms with Gasteiger partial charge in [0.1, 0.15) is 6.54 Å². The van der Waals surface area contributed by atoms with Crippen LogP contribution in [0.2, 0.25) is 10.3 Å². The molecule has 74 valence electrons. The van der Waals surface area contributed by atoms with Gasteiger partial charge in [0.05, 0.1) is 7.05 Å². The Morgan fingerprint density at radius 2 is 2.08 bits per heavy atom. The van der Waals surface area contributed by atoms with Crippen molar-refractivity contribution in [2.45, 2.75) is 13.5 Å². The maximum atomic E-state index is 5.96. The van der Waals surface area contributed by atoms with Crippen LogP contribution >= 0.6 is 23.2 Å². The van der Waals surface area contributed by atoms with Gasteiger partial charge in [-0.3, -0.25) is 0 Å². The van der Waals surface area contributed by atoms with Crippen LogP contribution in [0.3, 0.4) is 0 Å². The number of nitrogens with zero attached hydrogens (tertiary/aromatic N) is 2. The summed E-state index contributed by atoms with van der Waals surface area (Å²) in [6.07, 6.45) is 1.79. The normalized spacial score (nSPS) is 9.54. The molecule has 1 heterocycles. The van der Waals surface area contributed by atoms with Crippen LogP contribution in [0.5, 0.6) is 0 Å². The van der Waals surface area contributed by atoms with Crippen LogP contribution in [0, 0.1) is 6.92 Å². The van der Waals surface area contributed by atoms with E-state index >= 15 is 0 Å². The largest absolute Gasteiger partial charge is 1.00 e. The van der Waals surface area contributed by atoms with Crippen molar-refractivity contribution in [3.63, 3.8) is 0 Å². The highest BCUT2D eigenvalue weighted by Gasteiger charge is 2.21. The topological polar surface area (TPSA) is 8.81 Å². The second kappa shape index (κ2) is 4.89. The van der Waals surface area contributed by atoms with Crippen molar-refractivity contribution in [2.75, 3.05) is 0 Å². The summed E-state index contributed by atoms with van der Waals surface area (Å²) in [6, 6.07) is 0. The van der Waals surface area contributed by atoms with Crippen molar-refractivity contribution in [3.8, 4) is 0 Å². The van der Waals surface area contributed by atoms with E-state index < -0.39 is 0 Å². The molecule has 13 heavy (non-hydrogen) atoms. The first-order valence-electron chi connectivity index (χ1n) is 3.60.